The van der Waals surface area contributed by atoms with Gasteiger partial charge in [-0.05, 0) is 42.0 Å². The van der Waals surface area contributed by atoms with E-state index in [4.69, 9.17) is 25.8 Å². The number of halogens is 1. The molecule has 4 aromatic rings. The van der Waals surface area contributed by atoms with E-state index in [1.165, 1.54) is 20.4 Å². The molecule has 9 nitrogen and oxygen atoms in total. The molecule has 2 heterocycles. The SMILES string of the molecule is COc1ccc(-c2cn(-c3ccccc3)nc2C(=O)OCC(=O)Nc2cccnc2Cl)cc1OC. The number of hydrogen-bond acceptors (Lipinski definition) is 7. The Hall–Kier alpha value is -4.37. The minimum atomic E-state index is -0.767. The lowest BCUT2D eigenvalue weighted by Crippen LogP contribution is -2.21. The maximum atomic E-state index is 13.0. The highest BCUT2D eigenvalue weighted by atomic mass is 35.5. The second kappa shape index (κ2) is 10.7. The first kappa shape index (κ1) is 23.8. The van der Waals surface area contributed by atoms with E-state index in [2.05, 4.69) is 15.4 Å². The van der Waals surface area contributed by atoms with E-state index in [9.17, 15) is 9.59 Å². The Bertz CT molecular complexity index is 1360. The van der Waals surface area contributed by atoms with Crippen molar-refractivity contribution in [1.82, 2.24) is 14.8 Å². The molecule has 0 radical (unpaired) electrons. The largest absolute Gasteiger partial charge is 0.493 e. The molecule has 0 bridgehead atoms. The van der Waals surface area contributed by atoms with Crippen LogP contribution in [0.1, 0.15) is 10.5 Å². The van der Waals surface area contributed by atoms with E-state index in [0.29, 0.717) is 28.3 Å². The van der Waals surface area contributed by atoms with Gasteiger partial charge in [0.15, 0.2) is 29.0 Å². The van der Waals surface area contributed by atoms with Gasteiger partial charge in [0, 0.05) is 18.0 Å². The van der Waals surface area contributed by atoms with Gasteiger partial charge in [-0.25, -0.2) is 14.5 Å². The number of nitrogens with one attached hydrogen (secondary N) is 1. The summed E-state index contributed by atoms with van der Waals surface area (Å²) in [6, 6.07) is 17.8. The third-order valence-electron chi connectivity index (χ3n) is 4.99. The van der Waals surface area contributed by atoms with Crippen LogP contribution in [0.2, 0.25) is 5.15 Å². The van der Waals surface area contributed by atoms with E-state index in [1.807, 2.05) is 30.3 Å². The molecule has 2 aromatic heterocycles. The Morgan fingerprint density at radius 3 is 2.49 bits per heavy atom. The van der Waals surface area contributed by atoms with Gasteiger partial charge in [0.25, 0.3) is 5.91 Å². The molecule has 1 amide bonds. The number of benzene rings is 2. The number of methoxy groups -OCH3 is 2. The molecule has 35 heavy (non-hydrogen) atoms. The Kier molecular flexibility index (Phi) is 7.27. The number of pyridine rings is 1. The van der Waals surface area contributed by atoms with Crippen LogP contribution in [0.4, 0.5) is 5.69 Å². The summed E-state index contributed by atoms with van der Waals surface area (Å²) in [5, 5.41) is 7.12. The quantitative estimate of drug-likeness (QED) is 0.287. The van der Waals surface area contributed by atoms with Crippen LogP contribution in [0.25, 0.3) is 16.8 Å². The molecule has 0 saturated carbocycles. The third kappa shape index (κ3) is 5.42. The first-order chi connectivity index (χ1) is 17.0. The standard InChI is InChI=1S/C25H21ClN4O5/c1-33-20-11-10-16(13-21(20)34-2)18-14-30(17-7-4-3-5-8-17)29-23(18)25(32)35-15-22(31)28-19-9-6-12-27-24(19)26/h3-14H,15H2,1-2H3,(H,28,31). The fraction of sp³-hybridized carbons (Fsp3) is 0.120. The Morgan fingerprint density at radius 2 is 1.77 bits per heavy atom. The van der Waals surface area contributed by atoms with E-state index in [1.54, 1.807) is 41.2 Å². The second-order valence-corrected chi connectivity index (χ2v) is 7.57. The summed E-state index contributed by atoms with van der Waals surface area (Å²) in [7, 11) is 3.06. The number of carbonyl (C=O) groups is 2. The summed E-state index contributed by atoms with van der Waals surface area (Å²) in [5.74, 6) is -0.300. The number of amides is 1. The van der Waals surface area contributed by atoms with Crippen LogP contribution >= 0.6 is 11.6 Å². The minimum Gasteiger partial charge on any atom is -0.493 e. The number of para-hydroxylation sites is 1. The molecule has 1 N–H and O–H groups in total. The van der Waals surface area contributed by atoms with Gasteiger partial charge in [-0.1, -0.05) is 35.9 Å². The number of nitrogens with zero attached hydrogens (tertiary/aromatic N) is 3. The number of rotatable bonds is 8. The van der Waals surface area contributed by atoms with Crippen molar-refractivity contribution in [3.8, 4) is 28.3 Å². The number of hydrogen-bond donors (Lipinski definition) is 1. The van der Waals surface area contributed by atoms with Crippen LogP contribution in [0.5, 0.6) is 11.5 Å². The van der Waals surface area contributed by atoms with Crippen LogP contribution in [0.15, 0.2) is 73.1 Å². The minimum absolute atomic E-state index is 0.0354. The molecule has 0 aliphatic heterocycles. The summed E-state index contributed by atoms with van der Waals surface area (Å²) in [6.45, 7) is -0.534. The van der Waals surface area contributed by atoms with Crippen LogP contribution in [-0.4, -0.2) is 47.5 Å². The smallest absolute Gasteiger partial charge is 0.360 e. The summed E-state index contributed by atoms with van der Waals surface area (Å²) in [4.78, 5) is 29.2. The maximum Gasteiger partial charge on any atom is 0.360 e. The van der Waals surface area contributed by atoms with Gasteiger partial charge in [0.2, 0.25) is 0 Å². The van der Waals surface area contributed by atoms with Crippen molar-refractivity contribution in [2.45, 2.75) is 0 Å². The molecule has 0 aliphatic carbocycles. The van der Waals surface area contributed by atoms with Crippen molar-refractivity contribution in [3.05, 3.63) is 83.9 Å². The van der Waals surface area contributed by atoms with Crippen molar-refractivity contribution < 1.29 is 23.8 Å². The van der Waals surface area contributed by atoms with Gasteiger partial charge >= 0.3 is 5.97 Å². The van der Waals surface area contributed by atoms with Crippen molar-refractivity contribution >= 4 is 29.2 Å². The lowest BCUT2D eigenvalue weighted by molar-refractivity contribution is -0.119. The second-order valence-electron chi connectivity index (χ2n) is 7.21. The lowest BCUT2D eigenvalue weighted by Gasteiger charge is -2.10. The first-order valence-electron chi connectivity index (χ1n) is 10.4. The number of carbonyl (C=O) groups excluding carboxylic acids is 2. The molecule has 2 aromatic carbocycles. The zero-order chi connectivity index (χ0) is 24.8. The van der Waals surface area contributed by atoms with Gasteiger partial charge in [0.1, 0.15) is 0 Å². The Morgan fingerprint density at radius 1 is 1.00 bits per heavy atom. The molecular formula is C25H21ClN4O5. The summed E-state index contributed by atoms with van der Waals surface area (Å²) in [6.07, 6.45) is 3.21. The Labute approximate surface area is 206 Å². The first-order valence-corrected chi connectivity index (χ1v) is 10.8. The summed E-state index contributed by atoms with van der Waals surface area (Å²) < 4.78 is 17.5. The predicted molar refractivity (Wildman–Crippen MR) is 130 cm³/mol. The molecule has 0 saturated heterocycles. The van der Waals surface area contributed by atoms with Crippen LogP contribution in [-0.2, 0) is 9.53 Å². The van der Waals surface area contributed by atoms with E-state index in [-0.39, 0.29) is 10.8 Å². The lowest BCUT2D eigenvalue weighted by atomic mass is 10.1. The molecule has 0 unspecified atom stereocenters. The number of ether oxygens (including phenoxy) is 3. The normalized spacial score (nSPS) is 10.5. The maximum absolute atomic E-state index is 13.0. The zero-order valence-electron chi connectivity index (χ0n) is 18.9. The highest BCUT2D eigenvalue weighted by Gasteiger charge is 2.22. The molecule has 0 fully saturated rings. The van der Waals surface area contributed by atoms with Crippen LogP contribution in [0.3, 0.4) is 0 Å². The van der Waals surface area contributed by atoms with Crippen molar-refractivity contribution in [2.75, 3.05) is 26.1 Å². The van der Waals surface area contributed by atoms with Crippen LogP contribution < -0.4 is 14.8 Å². The fourth-order valence-electron chi connectivity index (χ4n) is 3.32. The molecule has 4 rings (SSSR count). The number of aromatic nitrogens is 3. The van der Waals surface area contributed by atoms with E-state index in [0.717, 1.165) is 5.69 Å². The number of anilines is 1. The van der Waals surface area contributed by atoms with Gasteiger partial charge in [-0.2, -0.15) is 5.10 Å². The van der Waals surface area contributed by atoms with Crippen LogP contribution in [0, 0.1) is 0 Å². The van der Waals surface area contributed by atoms with Gasteiger partial charge < -0.3 is 19.5 Å². The monoisotopic (exact) mass is 492 g/mol. The fourth-order valence-corrected chi connectivity index (χ4v) is 3.48. The highest BCUT2D eigenvalue weighted by molar-refractivity contribution is 6.32. The van der Waals surface area contributed by atoms with Crippen molar-refractivity contribution in [3.63, 3.8) is 0 Å². The highest BCUT2D eigenvalue weighted by Crippen LogP contribution is 2.34. The van der Waals surface area contributed by atoms with E-state index < -0.39 is 18.5 Å². The van der Waals surface area contributed by atoms with E-state index >= 15 is 0 Å². The molecule has 10 heteroatoms. The average molecular weight is 493 g/mol. The molecule has 0 spiro atoms. The van der Waals surface area contributed by atoms with Gasteiger partial charge in [-0.15, -0.1) is 0 Å². The molecule has 178 valence electrons. The Balaban J connectivity index is 1.61. The zero-order valence-corrected chi connectivity index (χ0v) is 19.7. The molecule has 0 atom stereocenters. The third-order valence-corrected chi connectivity index (χ3v) is 5.29. The van der Waals surface area contributed by atoms with Gasteiger partial charge in [0.05, 0.1) is 25.6 Å². The topological polar surface area (TPSA) is 105 Å². The summed E-state index contributed by atoms with van der Waals surface area (Å²) in [5.41, 5.74) is 2.25. The molecular weight excluding hydrogens is 472 g/mol. The number of esters is 1. The predicted octanol–water partition coefficient (Wildman–Crippen LogP) is 4.40. The summed E-state index contributed by atoms with van der Waals surface area (Å²) >= 11 is 5.96. The molecule has 0 aliphatic rings. The van der Waals surface area contributed by atoms with Crippen molar-refractivity contribution in [2.24, 2.45) is 0 Å². The van der Waals surface area contributed by atoms with Gasteiger partial charge in [-0.3, -0.25) is 4.79 Å². The van der Waals surface area contributed by atoms with Crippen molar-refractivity contribution in [1.29, 1.82) is 0 Å². The average Bonchev–Trinajstić information content (AvgIpc) is 3.34.